The molecule has 0 radical (unpaired) electrons. The predicted molar refractivity (Wildman–Crippen MR) is 91.1 cm³/mol. The fourth-order valence-electron chi connectivity index (χ4n) is 1.91. The normalized spacial score (nSPS) is 9.80. The van der Waals surface area contributed by atoms with Crippen LogP contribution in [0.25, 0.3) is 0 Å². The Morgan fingerprint density at radius 3 is 1.88 bits per heavy atom. The van der Waals surface area contributed by atoms with E-state index in [1.807, 2.05) is 0 Å². The second kappa shape index (κ2) is 7.68. The molecule has 2 aromatic rings. The summed E-state index contributed by atoms with van der Waals surface area (Å²) in [5.74, 6) is -2.13. The molecular formula is C16H14N4O5. The van der Waals surface area contributed by atoms with Crippen molar-refractivity contribution in [3.8, 4) is 0 Å². The van der Waals surface area contributed by atoms with Crippen molar-refractivity contribution in [1.29, 1.82) is 0 Å². The SMILES string of the molecule is CC(=O)Nc1ccc(NC(=O)C(=O)Nc2cccc([N+](=O)[O-])c2)cc1. The molecule has 2 rings (SSSR count). The zero-order chi connectivity index (χ0) is 18.4. The maximum Gasteiger partial charge on any atom is 0.314 e. The smallest absolute Gasteiger partial charge is 0.314 e. The second-order valence-electron chi connectivity index (χ2n) is 4.97. The summed E-state index contributed by atoms with van der Waals surface area (Å²) in [6.45, 7) is 1.37. The Hall–Kier alpha value is -3.75. The van der Waals surface area contributed by atoms with Crippen LogP contribution in [0.5, 0.6) is 0 Å². The van der Waals surface area contributed by atoms with E-state index in [4.69, 9.17) is 0 Å². The quantitative estimate of drug-likeness (QED) is 0.445. The van der Waals surface area contributed by atoms with Crippen molar-refractivity contribution in [1.82, 2.24) is 0 Å². The fourth-order valence-corrected chi connectivity index (χ4v) is 1.91. The summed E-state index contributed by atoms with van der Waals surface area (Å²) >= 11 is 0. The standard InChI is InChI=1S/C16H14N4O5/c1-10(21)17-11-5-7-12(8-6-11)18-15(22)16(23)19-13-3-2-4-14(9-13)20(24)25/h2-9H,1H3,(H,17,21)(H,18,22)(H,19,23). The first-order chi connectivity index (χ1) is 11.8. The summed E-state index contributed by atoms with van der Waals surface area (Å²) in [6, 6.07) is 11.4. The summed E-state index contributed by atoms with van der Waals surface area (Å²) < 4.78 is 0. The number of nitrogens with zero attached hydrogens (tertiary/aromatic N) is 1. The van der Waals surface area contributed by atoms with Gasteiger partial charge in [-0.25, -0.2) is 0 Å². The molecule has 0 spiro atoms. The molecule has 0 unspecified atom stereocenters. The highest BCUT2D eigenvalue weighted by molar-refractivity contribution is 6.43. The molecule has 0 atom stereocenters. The molecule has 0 saturated carbocycles. The molecule has 0 saturated heterocycles. The van der Waals surface area contributed by atoms with E-state index >= 15 is 0 Å². The molecule has 2 aromatic carbocycles. The van der Waals surface area contributed by atoms with Gasteiger partial charge in [0.1, 0.15) is 0 Å². The molecule has 0 aliphatic carbocycles. The topological polar surface area (TPSA) is 130 Å². The number of anilines is 3. The second-order valence-corrected chi connectivity index (χ2v) is 4.97. The number of carbonyl (C=O) groups excluding carboxylic acids is 3. The minimum absolute atomic E-state index is 0.135. The molecule has 0 aromatic heterocycles. The van der Waals surface area contributed by atoms with E-state index in [9.17, 15) is 24.5 Å². The van der Waals surface area contributed by atoms with Gasteiger partial charge < -0.3 is 16.0 Å². The first-order valence-electron chi connectivity index (χ1n) is 7.09. The third-order valence-electron chi connectivity index (χ3n) is 2.98. The van der Waals surface area contributed by atoms with Gasteiger partial charge in [-0.15, -0.1) is 0 Å². The molecule has 0 heterocycles. The highest BCUT2D eigenvalue weighted by atomic mass is 16.6. The van der Waals surface area contributed by atoms with Crippen LogP contribution in [-0.2, 0) is 14.4 Å². The van der Waals surface area contributed by atoms with Gasteiger partial charge in [0.15, 0.2) is 0 Å². The average molecular weight is 342 g/mol. The van der Waals surface area contributed by atoms with E-state index in [-0.39, 0.29) is 17.3 Å². The van der Waals surface area contributed by atoms with Crippen molar-refractivity contribution in [2.24, 2.45) is 0 Å². The van der Waals surface area contributed by atoms with Crippen LogP contribution >= 0.6 is 0 Å². The summed E-state index contributed by atoms with van der Waals surface area (Å²) in [6.07, 6.45) is 0. The number of nitrogens with one attached hydrogen (secondary N) is 3. The van der Waals surface area contributed by atoms with Crippen LogP contribution in [0.15, 0.2) is 48.5 Å². The van der Waals surface area contributed by atoms with Crippen molar-refractivity contribution in [2.45, 2.75) is 6.92 Å². The van der Waals surface area contributed by atoms with Gasteiger partial charge in [-0.2, -0.15) is 0 Å². The molecule has 0 aliphatic rings. The molecule has 25 heavy (non-hydrogen) atoms. The molecule has 0 bridgehead atoms. The largest absolute Gasteiger partial charge is 0.326 e. The summed E-state index contributed by atoms with van der Waals surface area (Å²) in [7, 11) is 0. The van der Waals surface area contributed by atoms with Gasteiger partial charge in [0.2, 0.25) is 5.91 Å². The van der Waals surface area contributed by atoms with Gasteiger partial charge in [0, 0.05) is 36.1 Å². The van der Waals surface area contributed by atoms with Crippen LogP contribution in [0, 0.1) is 10.1 Å². The molecular weight excluding hydrogens is 328 g/mol. The van der Waals surface area contributed by atoms with Gasteiger partial charge in [0.05, 0.1) is 4.92 Å². The van der Waals surface area contributed by atoms with Crippen LogP contribution < -0.4 is 16.0 Å². The average Bonchev–Trinajstić information content (AvgIpc) is 2.56. The molecule has 3 N–H and O–H groups in total. The summed E-state index contributed by atoms with van der Waals surface area (Å²) in [5.41, 5.74) is 0.835. The maximum atomic E-state index is 11.9. The van der Waals surface area contributed by atoms with Gasteiger partial charge >= 0.3 is 11.8 Å². The molecule has 128 valence electrons. The Bertz CT molecular complexity index is 833. The zero-order valence-electron chi connectivity index (χ0n) is 13.1. The number of rotatable bonds is 4. The first-order valence-corrected chi connectivity index (χ1v) is 7.09. The summed E-state index contributed by atoms with van der Waals surface area (Å²) in [4.78, 5) is 44.8. The van der Waals surface area contributed by atoms with Crippen molar-refractivity contribution < 1.29 is 19.3 Å². The van der Waals surface area contributed by atoms with E-state index in [1.54, 1.807) is 12.1 Å². The van der Waals surface area contributed by atoms with Crippen LogP contribution in [0.1, 0.15) is 6.92 Å². The van der Waals surface area contributed by atoms with Gasteiger partial charge in [-0.3, -0.25) is 24.5 Å². The monoisotopic (exact) mass is 342 g/mol. The van der Waals surface area contributed by atoms with Crippen LogP contribution in [0.4, 0.5) is 22.7 Å². The van der Waals surface area contributed by atoms with Crippen molar-refractivity contribution in [3.05, 3.63) is 58.6 Å². The molecule has 3 amide bonds. The Labute approximate surface area is 142 Å². The number of nitro groups is 1. The lowest BCUT2D eigenvalue weighted by Crippen LogP contribution is -2.29. The number of amides is 3. The van der Waals surface area contributed by atoms with Crippen LogP contribution in [-0.4, -0.2) is 22.6 Å². The zero-order valence-corrected chi connectivity index (χ0v) is 13.1. The van der Waals surface area contributed by atoms with Crippen LogP contribution in [0.3, 0.4) is 0 Å². The third kappa shape index (κ3) is 5.13. The Morgan fingerprint density at radius 1 is 0.840 bits per heavy atom. The van der Waals surface area contributed by atoms with Gasteiger partial charge in [-0.05, 0) is 30.3 Å². The van der Waals surface area contributed by atoms with E-state index in [1.165, 1.54) is 37.3 Å². The Balaban J connectivity index is 1.98. The number of hydrogen-bond donors (Lipinski definition) is 3. The lowest BCUT2D eigenvalue weighted by atomic mass is 10.2. The molecule has 0 aliphatic heterocycles. The maximum absolute atomic E-state index is 11.9. The number of hydrogen-bond acceptors (Lipinski definition) is 5. The number of nitro benzene ring substituents is 1. The Kier molecular flexibility index (Phi) is 5.41. The first kappa shape index (κ1) is 17.6. The van der Waals surface area contributed by atoms with E-state index in [0.29, 0.717) is 11.4 Å². The van der Waals surface area contributed by atoms with E-state index in [2.05, 4.69) is 16.0 Å². The van der Waals surface area contributed by atoms with Crippen molar-refractivity contribution >= 4 is 40.5 Å². The predicted octanol–water partition coefficient (Wildman–Crippen LogP) is 2.13. The number of benzene rings is 2. The van der Waals surface area contributed by atoms with Crippen molar-refractivity contribution in [2.75, 3.05) is 16.0 Å². The number of carbonyl (C=O) groups is 3. The minimum Gasteiger partial charge on any atom is -0.326 e. The lowest BCUT2D eigenvalue weighted by molar-refractivity contribution is -0.384. The van der Waals surface area contributed by atoms with E-state index in [0.717, 1.165) is 6.07 Å². The van der Waals surface area contributed by atoms with E-state index < -0.39 is 16.7 Å². The Morgan fingerprint density at radius 2 is 1.36 bits per heavy atom. The van der Waals surface area contributed by atoms with Crippen molar-refractivity contribution in [3.63, 3.8) is 0 Å². The minimum atomic E-state index is -0.966. The van der Waals surface area contributed by atoms with Gasteiger partial charge in [0.25, 0.3) is 5.69 Å². The van der Waals surface area contributed by atoms with Gasteiger partial charge in [-0.1, -0.05) is 6.07 Å². The number of non-ortho nitro benzene ring substituents is 1. The van der Waals surface area contributed by atoms with Crippen LogP contribution in [0.2, 0.25) is 0 Å². The summed E-state index contributed by atoms with van der Waals surface area (Å²) in [5, 5.41) is 17.9. The fraction of sp³-hybridized carbons (Fsp3) is 0.0625. The molecule has 9 heteroatoms. The highest BCUT2D eigenvalue weighted by Crippen LogP contribution is 2.17. The highest BCUT2D eigenvalue weighted by Gasteiger charge is 2.15. The molecule has 0 fully saturated rings. The lowest BCUT2D eigenvalue weighted by Gasteiger charge is -2.07. The third-order valence-corrected chi connectivity index (χ3v) is 2.98. The molecule has 9 nitrogen and oxygen atoms in total.